The van der Waals surface area contributed by atoms with Crippen LogP contribution in [0.25, 0.3) is 0 Å². The number of carbonyl (C=O) groups is 1. The Balaban J connectivity index is 4.04. The Labute approximate surface area is 188 Å². The van der Waals surface area contributed by atoms with E-state index in [-0.39, 0.29) is 44.9 Å². The van der Waals surface area contributed by atoms with E-state index in [4.69, 9.17) is 19.3 Å². The van der Waals surface area contributed by atoms with E-state index in [0.717, 1.165) is 64.2 Å². The molecule has 0 bridgehead atoms. The molecule has 0 aliphatic carbocycles. The van der Waals surface area contributed by atoms with Crippen molar-refractivity contribution in [2.24, 2.45) is 5.92 Å². The van der Waals surface area contributed by atoms with Gasteiger partial charge in [0, 0.05) is 32.2 Å². The quantitative estimate of drug-likeness (QED) is 0.115. The van der Waals surface area contributed by atoms with Gasteiger partial charge in [-0.2, -0.15) is 0 Å². The third-order valence-corrected chi connectivity index (χ3v) is 4.99. The lowest BCUT2D eigenvalue weighted by Crippen LogP contribution is -2.21. The largest absolute Gasteiger partial charge is 0.465 e. The summed E-state index contributed by atoms with van der Waals surface area (Å²) in [4.78, 5) is 11.9. The summed E-state index contributed by atoms with van der Waals surface area (Å²) in [6.07, 6.45) is 11.4. The van der Waals surface area contributed by atoms with Crippen LogP contribution in [0.2, 0.25) is 0 Å². The second-order valence-corrected chi connectivity index (χ2v) is 8.06. The van der Waals surface area contributed by atoms with Gasteiger partial charge in [0.25, 0.3) is 0 Å². The van der Waals surface area contributed by atoms with Gasteiger partial charge in [0.15, 0.2) is 6.29 Å². The average Bonchev–Trinajstić information content (AvgIpc) is 2.78. The first-order valence-corrected chi connectivity index (χ1v) is 12.1. The van der Waals surface area contributed by atoms with Crippen LogP contribution < -0.4 is 0 Å². The molecule has 1 unspecified atom stereocenters. The highest BCUT2D eigenvalue weighted by atomic mass is 19.1. The van der Waals surface area contributed by atoms with Crippen molar-refractivity contribution in [1.29, 1.82) is 0 Å². The number of hydrogen-bond donors (Lipinski definition) is 1. The molecule has 0 rings (SSSR count). The van der Waals surface area contributed by atoms with Gasteiger partial charge in [-0.3, -0.25) is 13.6 Å². The summed E-state index contributed by atoms with van der Waals surface area (Å²) >= 11 is 0. The van der Waals surface area contributed by atoms with Crippen LogP contribution in [0.5, 0.6) is 0 Å². The van der Waals surface area contributed by atoms with E-state index >= 15 is 0 Å². The zero-order valence-electron chi connectivity index (χ0n) is 19.3. The van der Waals surface area contributed by atoms with E-state index < -0.39 is 6.29 Å². The van der Waals surface area contributed by atoms with Crippen molar-refractivity contribution >= 4 is 5.97 Å². The van der Waals surface area contributed by atoms with Crippen molar-refractivity contribution in [2.45, 2.75) is 96.2 Å². The number of hydrogen-bond acceptors (Lipinski definition) is 5. The SMILES string of the molecule is [CH2]C(CO)COC(=O)CCC(OCCCCCCCCF)OCCCCCCCCF. The molecular weight excluding hydrogens is 406 g/mol. The molecular formula is C24H45F2O5. The van der Waals surface area contributed by atoms with E-state index in [1.54, 1.807) is 0 Å². The Kier molecular flexibility index (Phi) is 23.3. The third-order valence-electron chi connectivity index (χ3n) is 4.99. The molecule has 0 amide bonds. The normalized spacial score (nSPS) is 12.4. The van der Waals surface area contributed by atoms with E-state index in [9.17, 15) is 13.6 Å². The molecule has 0 heterocycles. The summed E-state index contributed by atoms with van der Waals surface area (Å²) in [5, 5.41) is 8.94. The molecule has 31 heavy (non-hydrogen) atoms. The predicted octanol–water partition coefficient (Wildman–Crippen LogP) is 5.73. The highest BCUT2D eigenvalue weighted by Crippen LogP contribution is 2.12. The summed E-state index contributed by atoms with van der Waals surface area (Å²) in [6, 6.07) is 0. The molecule has 0 aromatic heterocycles. The Morgan fingerprint density at radius 2 is 1.23 bits per heavy atom. The summed E-state index contributed by atoms with van der Waals surface area (Å²) < 4.78 is 40.9. The Hall–Kier alpha value is -0.790. The summed E-state index contributed by atoms with van der Waals surface area (Å²) in [5.41, 5.74) is 0. The second kappa shape index (κ2) is 23.9. The van der Waals surface area contributed by atoms with Crippen LogP contribution in [-0.4, -0.2) is 57.1 Å². The van der Waals surface area contributed by atoms with Gasteiger partial charge in [-0.05, 0) is 32.6 Å². The van der Waals surface area contributed by atoms with Crippen LogP contribution in [0.4, 0.5) is 8.78 Å². The maximum atomic E-state index is 12.1. The molecule has 1 atom stereocenters. The molecule has 0 aliphatic rings. The van der Waals surface area contributed by atoms with Gasteiger partial charge in [0.2, 0.25) is 0 Å². The lowest BCUT2D eigenvalue weighted by molar-refractivity contribution is -0.160. The topological polar surface area (TPSA) is 65.0 Å². The number of unbranched alkanes of at least 4 members (excludes halogenated alkanes) is 10. The first-order chi connectivity index (χ1) is 15.1. The van der Waals surface area contributed by atoms with E-state index in [2.05, 4.69) is 6.92 Å². The number of alkyl halides is 2. The monoisotopic (exact) mass is 451 g/mol. The van der Waals surface area contributed by atoms with Gasteiger partial charge in [-0.1, -0.05) is 51.4 Å². The van der Waals surface area contributed by atoms with Crippen LogP contribution in [0.3, 0.4) is 0 Å². The predicted molar refractivity (Wildman–Crippen MR) is 119 cm³/mol. The fraction of sp³-hybridized carbons (Fsp3) is 0.917. The van der Waals surface area contributed by atoms with Crippen LogP contribution in [-0.2, 0) is 19.0 Å². The Morgan fingerprint density at radius 1 is 0.774 bits per heavy atom. The van der Waals surface area contributed by atoms with Gasteiger partial charge in [-0.25, -0.2) is 0 Å². The summed E-state index contributed by atoms with van der Waals surface area (Å²) in [6.45, 7) is 4.31. The Morgan fingerprint density at radius 3 is 1.68 bits per heavy atom. The molecule has 1 radical (unpaired) electrons. The average molecular weight is 452 g/mol. The number of halogens is 2. The molecule has 0 aromatic rings. The van der Waals surface area contributed by atoms with Crippen molar-refractivity contribution in [3.8, 4) is 0 Å². The van der Waals surface area contributed by atoms with Gasteiger partial charge < -0.3 is 19.3 Å². The van der Waals surface area contributed by atoms with Crippen molar-refractivity contribution in [1.82, 2.24) is 0 Å². The molecule has 0 aliphatic heterocycles. The lowest BCUT2D eigenvalue weighted by atomic mass is 10.1. The summed E-state index contributed by atoms with van der Waals surface area (Å²) in [7, 11) is 0. The zero-order chi connectivity index (χ0) is 23.0. The van der Waals surface area contributed by atoms with Gasteiger partial charge in [0.05, 0.1) is 26.4 Å². The smallest absolute Gasteiger partial charge is 0.305 e. The van der Waals surface area contributed by atoms with E-state index in [1.807, 2.05) is 0 Å². The van der Waals surface area contributed by atoms with Crippen molar-refractivity contribution < 1.29 is 32.9 Å². The molecule has 0 saturated carbocycles. The molecule has 0 fully saturated rings. The number of aliphatic hydroxyl groups excluding tert-OH is 1. The maximum Gasteiger partial charge on any atom is 0.305 e. The highest BCUT2D eigenvalue weighted by Gasteiger charge is 2.14. The van der Waals surface area contributed by atoms with Crippen molar-refractivity contribution in [3.05, 3.63) is 6.92 Å². The van der Waals surface area contributed by atoms with Crippen molar-refractivity contribution in [3.63, 3.8) is 0 Å². The van der Waals surface area contributed by atoms with Crippen LogP contribution in [0.1, 0.15) is 89.9 Å². The number of aliphatic hydroxyl groups is 1. The van der Waals surface area contributed by atoms with Gasteiger partial charge in [0.1, 0.15) is 0 Å². The van der Waals surface area contributed by atoms with Gasteiger partial charge >= 0.3 is 5.97 Å². The number of esters is 1. The van der Waals surface area contributed by atoms with E-state index in [0.29, 0.717) is 32.5 Å². The highest BCUT2D eigenvalue weighted by molar-refractivity contribution is 5.69. The number of ether oxygens (including phenoxy) is 3. The van der Waals surface area contributed by atoms with Crippen LogP contribution in [0, 0.1) is 12.8 Å². The van der Waals surface area contributed by atoms with Crippen LogP contribution >= 0.6 is 0 Å². The first-order valence-electron chi connectivity index (χ1n) is 12.1. The standard InChI is InChI=1S/C24H45F2O5/c1-22(20-27)21-31-23(28)14-15-24(29-18-12-8-4-2-6-10-16-25)30-19-13-9-5-3-7-11-17-26/h22,24,27H,1-21H2. The minimum Gasteiger partial charge on any atom is -0.465 e. The molecule has 0 aromatic carbocycles. The Bertz CT molecular complexity index is 365. The molecule has 1 N–H and O–H groups in total. The van der Waals surface area contributed by atoms with Crippen LogP contribution in [0.15, 0.2) is 0 Å². The van der Waals surface area contributed by atoms with Gasteiger partial charge in [-0.15, -0.1) is 0 Å². The minimum atomic E-state index is -0.445. The fourth-order valence-corrected chi connectivity index (χ4v) is 3.02. The fourth-order valence-electron chi connectivity index (χ4n) is 3.02. The molecule has 0 spiro atoms. The summed E-state index contributed by atoms with van der Waals surface area (Å²) in [5.74, 6) is -0.665. The third kappa shape index (κ3) is 22.2. The van der Waals surface area contributed by atoms with Crippen molar-refractivity contribution in [2.75, 3.05) is 39.8 Å². The molecule has 5 nitrogen and oxygen atoms in total. The molecule has 0 saturated heterocycles. The molecule has 7 heteroatoms. The van der Waals surface area contributed by atoms with E-state index in [1.165, 1.54) is 0 Å². The first kappa shape index (κ1) is 30.2. The second-order valence-electron chi connectivity index (χ2n) is 8.06. The minimum absolute atomic E-state index is 0.104. The maximum absolute atomic E-state index is 12.1. The number of rotatable bonds is 24. The zero-order valence-corrected chi connectivity index (χ0v) is 19.3. The number of carbonyl (C=O) groups excluding carboxylic acids is 1. The molecule has 185 valence electrons. The lowest BCUT2D eigenvalue weighted by Gasteiger charge is -2.19.